The number of anilines is 2. The van der Waals surface area contributed by atoms with Crippen LogP contribution in [0.3, 0.4) is 0 Å². The lowest BCUT2D eigenvalue weighted by Crippen LogP contribution is -2.11. The van der Waals surface area contributed by atoms with E-state index in [2.05, 4.69) is 15.3 Å². The van der Waals surface area contributed by atoms with Crippen molar-refractivity contribution in [2.75, 3.05) is 30.8 Å². The van der Waals surface area contributed by atoms with Crippen LogP contribution < -0.4 is 11.1 Å². The molecule has 1 aliphatic carbocycles. The number of rotatable bonds is 6. The monoisotopic (exact) mass is 208 g/mol. The van der Waals surface area contributed by atoms with Crippen LogP contribution in [0.1, 0.15) is 12.8 Å². The Labute approximate surface area is 89.1 Å². The maximum atomic E-state index is 5.47. The number of hydrogen-bond acceptors (Lipinski definition) is 5. The fraction of sp³-hybridized carbons (Fsp3) is 0.600. The molecule has 1 aliphatic rings. The van der Waals surface area contributed by atoms with Crippen LogP contribution in [0.25, 0.3) is 0 Å². The molecule has 0 unspecified atom stereocenters. The summed E-state index contributed by atoms with van der Waals surface area (Å²) in [5.41, 5.74) is 5.42. The predicted octanol–water partition coefficient (Wildman–Crippen LogP) is 0.897. The predicted molar refractivity (Wildman–Crippen MR) is 58.5 cm³/mol. The quantitative estimate of drug-likeness (QED) is 0.679. The molecule has 0 amide bonds. The van der Waals surface area contributed by atoms with Crippen LogP contribution in [0.5, 0.6) is 0 Å². The topological polar surface area (TPSA) is 73.1 Å². The van der Waals surface area contributed by atoms with E-state index in [-0.39, 0.29) is 0 Å². The molecule has 1 aromatic heterocycles. The van der Waals surface area contributed by atoms with Crippen molar-refractivity contribution in [3.63, 3.8) is 0 Å². The van der Waals surface area contributed by atoms with Crippen molar-refractivity contribution >= 4 is 11.6 Å². The van der Waals surface area contributed by atoms with E-state index in [9.17, 15) is 0 Å². The molecule has 15 heavy (non-hydrogen) atoms. The Morgan fingerprint density at radius 2 is 2.27 bits per heavy atom. The Kier molecular flexibility index (Phi) is 3.34. The average Bonchev–Trinajstić information content (AvgIpc) is 3.04. The van der Waals surface area contributed by atoms with Crippen molar-refractivity contribution in [3.05, 3.63) is 12.4 Å². The van der Waals surface area contributed by atoms with E-state index in [0.717, 1.165) is 24.9 Å². The fourth-order valence-electron chi connectivity index (χ4n) is 1.22. The van der Waals surface area contributed by atoms with E-state index in [0.29, 0.717) is 12.4 Å². The molecular formula is C10H16N4O. The van der Waals surface area contributed by atoms with Gasteiger partial charge in [-0.3, -0.25) is 0 Å². The maximum absolute atomic E-state index is 5.47. The highest BCUT2D eigenvalue weighted by Gasteiger charge is 2.20. The Balaban J connectivity index is 1.58. The third-order valence-electron chi connectivity index (χ3n) is 2.27. The van der Waals surface area contributed by atoms with Crippen molar-refractivity contribution in [2.45, 2.75) is 12.8 Å². The first-order chi connectivity index (χ1) is 7.34. The van der Waals surface area contributed by atoms with Gasteiger partial charge in [0, 0.05) is 13.2 Å². The van der Waals surface area contributed by atoms with Crippen LogP contribution in [0, 0.1) is 5.92 Å². The lowest BCUT2D eigenvalue weighted by molar-refractivity contribution is 0.134. The molecule has 0 spiro atoms. The van der Waals surface area contributed by atoms with E-state index in [1.807, 2.05) is 0 Å². The van der Waals surface area contributed by atoms with Crippen molar-refractivity contribution in [3.8, 4) is 0 Å². The first-order valence-electron chi connectivity index (χ1n) is 5.24. The van der Waals surface area contributed by atoms with Gasteiger partial charge in [0.25, 0.3) is 0 Å². The molecule has 0 bridgehead atoms. The summed E-state index contributed by atoms with van der Waals surface area (Å²) in [6.45, 7) is 2.36. The fourth-order valence-corrected chi connectivity index (χ4v) is 1.22. The van der Waals surface area contributed by atoms with E-state index in [1.54, 1.807) is 6.20 Å². The molecular weight excluding hydrogens is 192 g/mol. The SMILES string of the molecule is Nc1cnc(NCCOCC2CC2)cn1. The largest absolute Gasteiger partial charge is 0.382 e. The van der Waals surface area contributed by atoms with Crippen molar-refractivity contribution in [1.82, 2.24) is 9.97 Å². The Morgan fingerprint density at radius 1 is 1.40 bits per heavy atom. The van der Waals surface area contributed by atoms with Gasteiger partial charge in [0.15, 0.2) is 0 Å². The van der Waals surface area contributed by atoms with Crippen LogP contribution in [0.15, 0.2) is 12.4 Å². The van der Waals surface area contributed by atoms with Crippen LogP contribution in [0.4, 0.5) is 11.6 Å². The molecule has 1 fully saturated rings. The number of nitrogens with two attached hydrogens (primary N) is 1. The second kappa shape index (κ2) is 4.93. The summed E-state index contributed by atoms with van der Waals surface area (Å²) in [7, 11) is 0. The smallest absolute Gasteiger partial charge is 0.144 e. The summed E-state index contributed by atoms with van der Waals surface area (Å²) in [6, 6.07) is 0. The summed E-state index contributed by atoms with van der Waals surface area (Å²) in [4.78, 5) is 8.00. The van der Waals surface area contributed by atoms with Crippen molar-refractivity contribution in [1.29, 1.82) is 0 Å². The molecule has 3 N–H and O–H groups in total. The molecule has 0 aliphatic heterocycles. The summed E-state index contributed by atoms with van der Waals surface area (Å²) in [5, 5.41) is 3.11. The minimum absolute atomic E-state index is 0.436. The van der Waals surface area contributed by atoms with Gasteiger partial charge in [0.2, 0.25) is 0 Å². The van der Waals surface area contributed by atoms with Gasteiger partial charge in [0.1, 0.15) is 11.6 Å². The Bertz CT molecular complexity index is 297. The van der Waals surface area contributed by atoms with Gasteiger partial charge in [0.05, 0.1) is 19.0 Å². The van der Waals surface area contributed by atoms with E-state index in [4.69, 9.17) is 10.5 Å². The molecule has 5 heteroatoms. The average molecular weight is 208 g/mol. The summed E-state index contributed by atoms with van der Waals surface area (Å²) < 4.78 is 5.47. The Morgan fingerprint density at radius 3 is 2.93 bits per heavy atom. The molecule has 2 rings (SSSR count). The van der Waals surface area contributed by atoms with Crippen LogP contribution in [-0.4, -0.2) is 29.7 Å². The standard InChI is InChI=1S/C10H16N4O/c11-9-5-14-10(6-13-9)12-3-4-15-7-8-1-2-8/h5-6,8H,1-4,7H2,(H2,11,13)(H,12,14). The van der Waals surface area contributed by atoms with Crippen LogP contribution in [0.2, 0.25) is 0 Å². The molecule has 0 saturated heterocycles. The van der Waals surface area contributed by atoms with Gasteiger partial charge < -0.3 is 15.8 Å². The van der Waals surface area contributed by atoms with Gasteiger partial charge in [-0.15, -0.1) is 0 Å². The zero-order valence-electron chi connectivity index (χ0n) is 8.65. The van der Waals surface area contributed by atoms with Gasteiger partial charge >= 0.3 is 0 Å². The van der Waals surface area contributed by atoms with E-state index in [1.165, 1.54) is 19.0 Å². The number of aromatic nitrogens is 2. The molecule has 82 valence electrons. The highest BCUT2D eigenvalue weighted by atomic mass is 16.5. The minimum atomic E-state index is 0.436. The van der Waals surface area contributed by atoms with Gasteiger partial charge in [-0.25, -0.2) is 9.97 Å². The van der Waals surface area contributed by atoms with Gasteiger partial charge in [-0.2, -0.15) is 0 Å². The third-order valence-corrected chi connectivity index (χ3v) is 2.27. The maximum Gasteiger partial charge on any atom is 0.144 e. The second-order valence-electron chi connectivity index (χ2n) is 3.77. The van der Waals surface area contributed by atoms with Crippen LogP contribution in [-0.2, 0) is 4.74 Å². The molecule has 1 saturated carbocycles. The van der Waals surface area contributed by atoms with E-state index < -0.39 is 0 Å². The van der Waals surface area contributed by atoms with E-state index >= 15 is 0 Å². The van der Waals surface area contributed by atoms with Crippen molar-refractivity contribution in [2.24, 2.45) is 5.92 Å². The number of nitrogens with zero attached hydrogens (tertiary/aromatic N) is 2. The summed E-state index contributed by atoms with van der Waals surface area (Å²) in [6.07, 6.45) is 5.82. The number of nitrogen functional groups attached to an aromatic ring is 1. The molecule has 0 aromatic carbocycles. The highest BCUT2D eigenvalue weighted by molar-refractivity contribution is 5.35. The van der Waals surface area contributed by atoms with Gasteiger partial charge in [-0.1, -0.05) is 0 Å². The molecule has 0 radical (unpaired) electrons. The zero-order valence-corrected chi connectivity index (χ0v) is 8.65. The summed E-state index contributed by atoms with van der Waals surface area (Å²) >= 11 is 0. The lowest BCUT2D eigenvalue weighted by atomic mass is 10.5. The summed E-state index contributed by atoms with van der Waals surface area (Å²) in [5.74, 6) is 1.99. The highest BCUT2D eigenvalue weighted by Crippen LogP contribution is 2.28. The van der Waals surface area contributed by atoms with Crippen LogP contribution >= 0.6 is 0 Å². The molecule has 1 aromatic rings. The second-order valence-corrected chi connectivity index (χ2v) is 3.77. The normalized spacial score (nSPS) is 15.2. The number of nitrogens with one attached hydrogen (secondary N) is 1. The third kappa shape index (κ3) is 3.71. The van der Waals surface area contributed by atoms with Gasteiger partial charge in [-0.05, 0) is 18.8 Å². The minimum Gasteiger partial charge on any atom is -0.382 e. The zero-order chi connectivity index (χ0) is 10.5. The number of hydrogen-bond donors (Lipinski definition) is 2. The molecule has 1 heterocycles. The first-order valence-corrected chi connectivity index (χ1v) is 5.24. The lowest BCUT2D eigenvalue weighted by Gasteiger charge is -2.05. The number of ether oxygens (including phenoxy) is 1. The first kappa shape index (κ1) is 10.2. The molecule has 0 atom stereocenters. The molecule has 5 nitrogen and oxygen atoms in total. The Hall–Kier alpha value is -1.36. The van der Waals surface area contributed by atoms with Crippen molar-refractivity contribution < 1.29 is 4.74 Å².